The van der Waals surface area contributed by atoms with Crippen LogP contribution in [0.5, 0.6) is 0 Å². The average molecular weight is 299 g/mol. The molecule has 3 heteroatoms. The lowest BCUT2D eigenvalue weighted by atomic mass is 10.0. The van der Waals surface area contributed by atoms with Crippen LogP contribution in [0.1, 0.15) is 36.1 Å². The summed E-state index contributed by atoms with van der Waals surface area (Å²) in [5.41, 5.74) is 4.53. The topological polar surface area (TPSA) is 29.1 Å². The number of carbonyl (C=O) groups excluding carboxylic acids is 1. The van der Waals surface area contributed by atoms with E-state index in [1.165, 1.54) is 28.8 Å². The van der Waals surface area contributed by atoms with Crippen molar-refractivity contribution in [2.45, 2.75) is 39.7 Å². The molecule has 0 atom stereocenters. The van der Waals surface area contributed by atoms with Crippen LogP contribution < -0.4 is 5.32 Å². The third kappa shape index (κ3) is 4.42. The van der Waals surface area contributed by atoms with Gasteiger partial charge in [-0.3, -0.25) is 4.79 Å². The Bertz CT molecular complexity index is 634. The first kappa shape index (κ1) is 16.2. The maximum Gasteiger partial charge on any atom is 0.224 e. The summed E-state index contributed by atoms with van der Waals surface area (Å²) >= 11 is 0. The summed E-state index contributed by atoms with van der Waals surface area (Å²) < 4.78 is 12.8. The van der Waals surface area contributed by atoms with Crippen LogP contribution in [-0.2, 0) is 30.6 Å². The second kappa shape index (κ2) is 7.74. The molecule has 0 radical (unpaired) electrons. The number of hydrogen-bond acceptors (Lipinski definition) is 1. The second-order valence-electron chi connectivity index (χ2n) is 5.39. The summed E-state index contributed by atoms with van der Waals surface area (Å²) in [6.45, 7) is 4.78. The first-order valence-electron chi connectivity index (χ1n) is 7.74. The molecule has 0 spiro atoms. The van der Waals surface area contributed by atoms with Crippen LogP contribution >= 0.6 is 0 Å². The maximum atomic E-state index is 12.8. The van der Waals surface area contributed by atoms with Crippen LogP contribution in [0, 0.1) is 5.82 Å². The summed E-state index contributed by atoms with van der Waals surface area (Å²) in [7, 11) is 0. The Kier molecular flexibility index (Phi) is 5.70. The average Bonchev–Trinajstić information content (AvgIpc) is 2.54. The number of aryl methyl sites for hydroxylation is 2. The van der Waals surface area contributed by atoms with Gasteiger partial charge in [-0.25, -0.2) is 4.39 Å². The highest BCUT2D eigenvalue weighted by Crippen LogP contribution is 2.13. The fourth-order valence-electron chi connectivity index (χ4n) is 2.45. The number of halogens is 1. The Hall–Kier alpha value is -2.16. The highest BCUT2D eigenvalue weighted by Gasteiger charge is 2.06. The molecule has 22 heavy (non-hydrogen) atoms. The zero-order valence-corrected chi connectivity index (χ0v) is 13.2. The van der Waals surface area contributed by atoms with E-state index in [4.69, 9.17) is 0 Å². The van der Waals surface area contributed by atoms with Crippen LogP contribution in [0.15, 0.2) is 42.5 Å². The van der Waals surface area contributed by atoms with E-state index in [9.17, 15) is 9.18 Å². The molecule has 116 valence electrons. The van der Waals surface area contributed by atoms with Gasteiger partial charge in [0.2, 0.25) is 5.91 Å². The van der Waals surface area contributed by atoms with Gasteiger partial charge in [0, 0.05) is 6.54 Å². The molecule has 2 rings (SSSR count). The molecule has 1 N–H and O–H groups in total. The molecule has 0 aromatic heterocycles. The van der Waals surface area contributed by atoms with E-state index in [0.717, 1.165) is 18.4 Å². The number of nitrogens with one attached hydrogen (secondary N) is 1. The number of hydrogen-bond donors (Lipinski definition) is 1. The molecular weight excluding hydrogens is 277 g/mol. The van der Waals surface area contributed by atoms with Crippen LogP contribution in [0.25, 0.3) is 0 Å². The fourth-order valence-corrected chi connectivity index (χ4v) is 2.45. The smallest absolute Gasteiger partial charge is 0.224 e. The summed E-state index contributed by atoms with van der Waals surface area (Å²) in [5, 5.41) is 2.96. The number of benzene rings is 2. The SMILES string of the molecule is CCc1ccc(CC)c(CNC(=O)Cc2ccc(F)cc2)c1. The standard InChI is InChI=1S/C19H22FNO/c1-3-14-5-8-16(4-2)17(11-14)13-21-19(22)12-15-6-9-18(20)10-7-15/h5-11H,3-4,12-13H2,1-2H3,(H,21,22). The molecule has 2 nitrogen and oxygen atoms in total. The monoisotopic (exact) mass is 299 g/mol. The van der Waals surface area contributed by atoms with E-state index in [1.807, 2.05) is 0 Å². The van der Waals surface area contributed by atoms with E-state index in [-0.39, 0.29) is 18.1 Å². The molecule has 0 unspecified atom stereocenters. The molecule has 1 amide bonds. The second-order valence-corrected chi connectivity index (χ2v) is 5.39. The molecule has 0 aliphatic rings. The van der Waals surface area contributed by atoms with Gasteiger partial charge in [0.05, 0.1) is 6.42 Å². The van der Waals surface area contributed by atoms with Crippen molar-refractivity contribution in [1.29, 1.82) is 0 Å². The van der Waals surface area contributed by atoms with Gasteiger partial charge in [-0.05, 0) is 47.2 Å². The zero-order valence-electron chi connectivity index (χ0n) is 13.2. The Morgan fingerprint density at radius 2 is 1.64 bits per heavy atom. The number of carbonyl (C=O) groups is 1. The van der Waals surface area contributed by atoms with Crippen molar-refractivity contribution < 1.29 is 9.18 Å². The molecule has 0 saturated carbocycles. The summed E-state index contributed by atoms with van der Waals surface area (Å²) in [5.74, 6) is -0.330. The quantitative estimate of drug-likeness (QED) is 0.863. The molecular formula is C19H22FNO. The maximum absolute atomic E-state index is 12.8. The van der Waals surface area contributed by atoms with Crippen LogP contribution in [-0.4, -0.2) is 5.91 Å². The van der Waals surface area contributed by atoms with Crippen molar-refractivity contribution >= 4 is 5.91 Å². The molecule has 0 aliphatic heterocycles. The van der Waals surface area contributed by atoms with Crippen molar-refractivity contribution in [3.05, 3.63) is 70.5 Å². The minimum absolute atomic E-state index is 0.0458. The zero-order chi connectivity index (χ0) is 15.9. The Morgan fingerprint density at radius 3 is 2.27 bits per heavy atom. The van der Waals surface area contributed by atoms with Crippen LogP contribution in [0.4, 0.5) is 4.39 Å². The van der Waals surface area contributed by atoms with E-state index in [2.05, 4.69) is 37.4 Å². The lowest BCUT2D eigenvalue weighted by Crippen LogP contribution is -2.25. The molecule has 0 heterocycles. The van der Waals surface area contributed by atoms with Gasteiger partial charge in [0.1, 0.15) is 5.82 Å². The summed E-state index contributed by atoms with van der Waals surface area (Å²) in [6.07, 6.45) is 2.21. The van der Waals surface area contributed by atoms with Crippen LogP contribution in [0.2, 0.25) is 0 Å². The number of rotatable bonds is 6. The molecule has 0 bridgehead atoms. The molecule has 2 aromatic carbocycles. The minimum Gasteiger partial charge on any atom is -0.352 e. The van der Waals surface area contributed by atoms with Crippen molar-refractivity contribution in [1.82, 2.24) is 5.32 Å². The minimum atomic E-state index is -0.284. The van der Waals surface area contributed by atoms with Crippen molar-refractivity contribution in [2.24, 2.45) is 0 Å². The normalized spacial score (nSPS) is 10.5. The van der Waals surface area contributed by atoms with Crippen molar-refractivity contribution in [2.75, 3.05) is 0 Å². The Morgan fingerprint density at radius 1 is 0.955 bits per heavy atom. The van der Waals surface area contributed by atoms with Gasteiger partial charge in [-0.15, -0.1) is 0 Å². The molecule has 2 aromatic rings. The van der Waals surface area contributed by atoms with E-state index in [1.54, 1.807) is 12.1 Å². The third-order valence-corrected chi connectivity index (χ3v) is 3.81. The highest BCUT2D eigenvalue weighted by molar-refractivity contribution is 5.78. The van der Waals surface area contributed by atoms with E-state index in [0.29, 0.717) is 6.54 Å². The molecule has 0 aliphatic carbocycles. The van der Waals surface area contributed by atoms with Crippen LogP contribution in [0.3, 0.4) is 0 Å². The largest absolute Gasteiger partial charge is 0.352 e. The fraction of sp³-hybridized carbons (Fsp3) is 0.316. The highest BCUT2D eigenvalue weighted by atomic mass is 19.1. The van der Waals surface area contributed by atoms with E-state index >= 15 is 0 Å². The van der Waals surface area contributed by atoms with Gasteiger partial charge in [0.25, 0.3) is 0 Å². The van der Waals surface area contributed by atoms with Gasteiger partial charge in [-0.1, -0.05) is 44.2 Å². The predicted molar refractivity (Wildman–Crippen MR) is 87.1 cm³/mol. The third-order valence-electron chi connectivity index (χ3n) is 3.81. The summed E-state index contributed by atoms with van der Waals surface area (Å²) in [6, 6.07) is 12.5. The van der Waals surface area contributed by atoms with E-state index < -0.39 is 0 Å². The first-order chi connectivity index (χ1) is 10.6. The van der Waals surface area contributed by atoms with Gasteiger partial charge >= 0.3 is 0 Å². The molecule has 0 fully saturated rings. The van der Waals surface area contributed by atoms with Gasteiger partial charge in [-0.2, -0.15) is 0 Å². The predicted octanol–water partition coefficient (Wildman–Crippen LogP) is 3.81. The Labute approximate surface area is 131 Å². The Balaban J connectivity index is 1.97. The van der Waals surface area contributed by atoms with Crippen molar-refractivity contribution in [3.63, 3.8) is 0 Å². The van der Waals surface area contributed by atoms with Crippen molar-refractivity contribution in [3.8, 4) is 0 Å². The number of amides is 1. The summed E-state index contributed by atoms with van der Waals surface area (Å²) in [4.78, 5) is 12.0. The molecule has 0 saturated heterocycles. The first-order valence-corrected chi connectivity index (χ1v) is 7.74. The lowest BCUT2D eigenvalue weighted by Gasteiger charge is -2.11. The van der Waals surface area contributed by atoms with Gasteiger partial charge < -0.3 is 5.32 Å². The lowest BCUT2D eigenvalue weighted by molar-refractivity contribution is -0.120. The van der Waals surface area contributed by atoms with Gasteiger partial charge in [0.15, 0.2) is 0 Å².